The van der Waals surface area contributed by atoms with E-state index in [-0.39, 0.29) is 23.5 Å². The maximum Gasteiger partial charge on any atom is 0.152 e. The Labute approximate surface area is 116 Å². The Kier molecular flexibility index (Phi) is 5.82. The monoisotopic (exact) mass is 285 g/mol. The summed E-state index contributed by atoms with van der Waals surface area (Å²) in [6, 6.07) is 7.28. The summed E-state index contributed by atoms with van der Waals surface area (Å²) in [6.45, 7) is 3.83. The molecule has 0 bridgehead atoms. The molecule has 0 spiro atoms. The summed E-state index contributed by atoms with van der Waals surface area (Å²) in [5.74, 6) is 1.20. The Bertz CT molecular complexity index is 497. The van der Waals surface area contributed by atoms with Crippen molar-refractivity contribution in [1.29, 1.82) is 0 Å². The minimum absolute atomic E-state index is 0.106. The largest absolute Gasteiger partial charge is 0.497 e. The first kappa shape index (κ1) is 16.0. The lowest BCUT2D eigenvalue weighted by Gasteiger charge is -2.18. The second-order valence-electron chi connectivity index (χ2n) is 5.09. The number of rotatable bonds is 7. The number of ether oxygens (including phenoxy) is 1. The van der Waals surface area contributed by atoms with Crippen LogP contribution in [-0.2, 0) is 9.84 Å². The summed E-state index contributed by atoms with van der Waals surface area (Å²) in [4.78, 5) is 0. The second-order valence-corrected chi connectivity index (χ2v) is 7.24. The highest BCUT2D eigenvalue weighted by Crippen LogP contribution is 2.21. The smallest absolute Gasteiger partial charge is 0.152 e. The fourth-order valence-electron chi connectivity index (χ4n) is 2.03. The van der Waals surface area contributed by atoms with Crippen molar-refractivity contribution in [2.24, 2.45) is 5.92 Å². The Morgan fingerprint density at radius 3 is 2.47 bits per heavy atom. The minimum atomic E-state index is -3.06. The van der Waals surface area contributed by atoms with Crippen LogP contribution < -0.4 is 10.1 Å². The van der Waals surface area contributed by atoms with Crippen molar-refractivity contribution >= 4 is 9.84 Å². The average molecular weight is 285 g/mol. The molecule has 0 radical (unpaired) electrons. The van der Waals surface area contributed by atoms with Gasteiger partial charge < -0.3 is 10.1 Å². The predicted octanol–water partition coefficient (Wildman–Crippen LogP) is 2.03. The molecule has 1 aromatic rings. The zero-order valence-corrected chi connectivity index (χ0v) is 12.8. The average Bonchev–Trinajstić information content (AvgIpc) is 2.34. The van der Waals surface area contributed by atoms with E-state index in [0.29, 0.717) is 0 Å². The fraction of sp³-hybridized carbons (Fsp3) is 0.571. The molecule has 1 rings (SSSR count). The summed E-state index contributed by atoms with van der Waals surface area (Å²) in [5, 5.41) is 3.06. The van der Waals surface area contributed by atoms with Gasteiger partial charge in [-0.15, -0.1) is 0 Å². The number of hydrogen-bond acceptors (Lipinski definition) is 4. The molecule has 0 amide bonds. The van der Waals surface area contributed by atoms with Gasteiger partial charge in [-0.3, -0.25) is 0 Å². The van der Waals surface area contributed by atoms with Gasteiger partial charge in [0.25, 0.3) is 0 Å². The molecule has 1 atom stereocenters. The highest BCUT2D eigenvalue weighted by molar-refractivity contribution is 7.91. The first-order chi connectivity index (χ1) is 8.88. The van der Waals surface area contributed by atoms with Crippen molar-refractivity contribution < 1.29 is 13.2 Å². The van der Waals surface area contributed by atoms with Crippen molar-refractivity contribution in [2.45, 2.75) is 19.9 Å². The summed E-state index contributed by atoms with van der Waals surface area (Å²) >= 11 is 0. The van der Waals surface area contributed by atoms with E-state index >= 15 is 0 Å². The van der Waals surface area contributed by atoms with Crippen LogP contribution in [0.5, 0.6) is 5.75 Å². The van der Waals surface area contributed by atoms with Gasteiger partial charge >= 0.3 is 0 Å². The maximum absolute atomic E-state index is 12.1. The highest BCUT2D eigenvalue weighted by Gasteiger charge is 2.20. The highest BCUT2D eigenvalue weighted by atomic mass is 32.2. The molecule has 0 saturated heterocycles. The molecule has 0 aromatic heterocycles. The summed E-state index contributed by atoms with van der Waals surface area (Å²) in [7, 11) is 0.310. The van der Waals surface area contributed by atoms with Crippen LogP contribution in [0.1, 0.15) is 25.5 Å². The molecule has 1 aromatic carbocycles. The topological polar surface area (TPSA) is 55.4 Å². The third-order valence-corrected chi connectivity index (χ3v) is 4.87. The van der Waals surface area contributed by atoms with Gasteiger partial charge in [-0.2, -0.15) is 0 Å². The lowest BCUT2D eigenvalue weighted by Crippen LogP contribution is -2.27. The molecular weight excluding hydrogens is 262 g/mol. The first-order valence-electron chi connectivity index (χ1n) is 6.39. The normalized spacial score (nSPS) is 13.5. The van der Waals surface area contributed by atoms with Gasteiger partial charge in [-0.05, 0) is 30.7 Å². The maximum atomic E-state index is 12.1. The van der Waals surface area contributed by atoms with Gasteiger partial charge in [0.2, 0.25) is 0 Å². The summed E-state index contributed by atoms with van der Waals surface area (Å²) in [5.41, 5.74) is 0.925. The van der Waals surface area contributed by atoms with Gasteiger partial charge in [0.1, 0.15) is 5.75 Å². The van der Waals surface area contributed by atoms with E-state index in [1.54, 1.807) is 14.2 Å². The molecule has 0 fully saturated rings. The number of hydrogen-bond donors (Lipinski definition) is 1. The lowest BCUT2D eigenvalue weighted by molar-refractivity contribution is 0.413. The minimum Gasteiger partial charge on any atom is -0.497 e. The zero-order valence-electron chi connectivity index (χ0n) is 12.0. The Hall–Kier alpha value is -1.07. The van der Waals surface area contributed by atoms with Gasteiger partial charge in [0.15, 0.2) is 9.84 Å². The van der Waals surface area contributed by atoms with E-state index in [9.17, 15) is 8.42 Å². The Morgan fingerprint density at radius 2 is 1.95 bits per heavy atom. The molecule has 0 aliphatic heterocycles. The SMILES string of the molecule is CNC(CS(=O)(=O)CC(C)C)c1cccc(OC)c1. The van der Waals surface area contributed by atoms with Crippen LogP contribution in [0, 0.1) is 5.92 Å². The molecule has 0 saturated carbocycles. The molecule has 4 nitrogen and oxygen atoms in total. The number of nitrogens with one attached hydrogen (secondary N) is 1. The predicted molar refractivity (Wildman–Crippen MR) is 78.3 cm³/mol. The van der Waals surface area contributed by atoms with Crippen molar-refractivity contribution in [3.63, 3.8) is 0 Å². The first-order valence-corrected chi connectivity index (χ1v) is 8.21. The van der Waals surface area contributed by atoms with Crippen LogP contribution in [0.3, 0.4) is 0 Å². The molecule has 0 aliphatic rings. The van der Waals surface area contributed by atoms with Crippen LogP contribution in [0.15, 0.2) is 24.3 Å². The van der Waals surface area contributed by atoms with Gasteiger partial charge in [-0.1, -0.05) is 26.0 Å². The quantitative estimate of drug-likeness (QED) is 0.833. The lowest BCUT2D eigenvalue weighted by atomic mass is 10.1. The number of benzene rings is 1. The molecule has 108 valence electrons. The van der Waals surface area contributed by atoms with Crippen LogP contribution >= 0.6 is 0 Å². The van der Waals surface area contributed by atoms with Gasteiger partial charge in [0, 0.05) is 6.04 Å². The van der Waals surface area contributed by atoms with Gasteiger partial charge in [-0.25, -0.2) is 8.42 Å². The van der Waals surface area contributed by atoms with Crippen LogP contribution in [0.4, 0.5) is 0 Å². The van der Waals surface area contributed by atoms with Crippen molar-refractivity contribution in [1.82, 2.24) is 5.32 Å². The van der Waals surface area contributed by atoms with Crippen molar-refractivity contribution in [3.8, 4) is 5.75 Å². The van der Waals surface area contributed by atoms with Crippen LogP contribution in [-0.4, -0.2) is 34.1 Å². The zero-order chi connectivity index (χ0) is 14.5. The standard InChI is InChI=1S/C14H23NO3S/c1-11(2)9-19(16,17)10-14(15-3)12-6-5-7-13(8-12)18-4/h5-8,11,14-15H,9-10H2,1-4H3. The van der Waals surface area contributed by atoms with E-state index in [2.05, 4.69) is 5.32 Å². The molecule has 5 heteroatoms. The van der Waals surface area contributed by atoms with Crippen molar-refractivity contribution in [2.75, 3.05) is 25.7 Å². The third kappa shape index (κ3) is 5.20. The molecule has 1 N–H and O–H groups in total. The summed E-state index contributed by atoms with van der Waals surface area (Å²) < 4.78 is 29.3. The number of sulfone groups is 1. The van der Waals surface area contributed by atoms with E-state index < -0.39 is 9.84 Å². The van der Waals surface area contributed by atoms with Crippen LogP contribution in [0.2, 0.25) is 0 Å². The second kappa shape index (κ2) is 6.91. The number of methoxy groups -OCH3 is 1. The van der Waals surface area contributed by atoms with E-state index in [0.717, 1.165) is 11.3 Å². The summed E-state index contributed by atoms with van der Waals surface area (Å²) in [6.07, 6.45) is 0. The van der Waals surface area contributed by atoms with Crippen LogP contribution in [0.25, 0.3) is 0 Å². The molecule has 0 aliphatic carbocycles. The van der Waals surface area contributed by atoms with E-state index in [4.69, 9.17) is 4.74 Å². The van der Waals surface area contributed by atoms with E-state index in [1.165, 1.54) is 0 Å². The Balaban J connectivity index is 2.89. The molecule has 19 heavy (non-hydrogen) atoms. The third-order valence-electron chi connectivity index (χ3n) is 2.85. The van der Waals surface area contributed by atoms with Gasteiger partial charge in [0.05, 0.1) is 18.6 Å². The Morgan fingerprint density at radius 1 is 1.26 bits per heavy atom. The molecular formula is C14H23NO3S. The molecule has 1 unspecified atom stereocenters. The van der Waals surface area contributed by atoms with E-state index in [1.807, 2.05) is 38.1 Å². The van der Waals surface area contributed by atoms with Crippen molar-refractivity contribution in [3.05, 3.63) is 29.8 Å². The fourth-order valence-corrected chi connectivity index (χ4v) is 4.05. The molecule has 0 heterocycles.